The Bertz CT molecular complexity index is 1270. The minimum atomic E-state index is -0.230. The highest BCUT2D eigenvalue weighted by atomic mass is 19.1. The molecular formula is C24H23FN6O. The van der Waals surface area contributed by atoms with Crippen LogP contribution in [0.15, 0.2) is 48.9 Å². The summed E-state index contributed by atoms with van der Waals surface area (Å²) < 4.78 is 22.7. The number of aromatic nitrogens is 6. The molecule has 32 heavy (non-hydrogen) atoms. The summed E-state index contributed by atoms with van der Waals surface area (Å²) in [5.41, 5.74) is 3.55. The Morgan fingerprint density at radius 3 is 2.69 bits per heavy atom. The molecule has 0 unspecified atom stereocenters. The molecule has 4 aromatic rings. The summed E-state index contributed by atoms with van der Waals surface area (Å²) >= 11 is 0. The van der Waals surface area contributed by atoms with Crippen molar-refractivity contribution in [1.29, 1.82) is 0 Å². The van der Waals surface area contributed by atoms with Gasteiger partial charge in [0.25, 0.3) is 0 Å². The van der Waals surface area contributed by atoms with Crippen molar-refractivity contribution >= 4 is 12.2 Å². The molecule has 8 heteroatoms. The first-order valence-electron chi connectivity index (χ1n) is 10.5. The summed E-state index contributed by atoms with van der Waals surface area (Å²) in [6, 6.07) is 10.5. The number of hydrogen-bond donors (Lipinski definition) is 0. The van der Waals surface area contributed by atoms with E-state index in [2.05, 4.69) is 15.1 Å². The SMILES string of the molecule is COc1nc(/C=C/c2nc3n(n2)CCC[C@H]3c2ccc(F)cc2)ccc1-n1cnc(C)c1. The zero-order chi connectivity index (χ0) is 22.1. The van der Waals surface area contributed by atoms with Gasteiger partial charge in [0, 0.05) is 18.7 Å². The van der Waals surface area contributed by atoms with E-state index in [1.54, 1.807) is 13.4 Å². The van der Waals surface area contributed by atoms with Gasteiger partial charge in [-0.05, 0) is 61.7 Å². The van der Waals surface area contributed by atoms with Crippen LogP contribution in [-0.4, -0.2) is 36.4 Å². The Labute approximate surface area is 185 Å². The molecule has 1 aliphatic heterocycles. The van der Waals surface area contributed by atoms with Crippen LogP contribution in [0.5, 0.6) is 5.88 Å². The van der Waals surface area contributed by atoms with Crippen molar-refractivity contribution in [3.05, 3.63) is 83.3 Å². The zero-order valence-corrected chi connectivity index (χ0v) is 17.9. The number of ether oxygens (including phenoxy) is 1. The molecule has 0 saturated carbocycles. The Morgan fingerprint density at radius 1 is 1.09 bits per heavy atom. The largest absolute Gasteiger partial charge is 0.479 e. The third kappa shape index (κ3) is 3.91. The number of imidazole rings is 1. The fourth-order valence-corrected chi connectivity index (χ4v) is 4.05. The maximum atomic E-state index is 13.3. The number of aryl methyl sites for hydroxylation is 2. The Balaban J connectivity index is 1.40. The van der Waals surface area contributed by atoms with E-state index in [1.165, 1.54) is 12.1 Å². The van der Waals surface area contributed by atoms with Crippen LogP contribution in [0.4, 0.5) is 4.39 Å². The summed E-state index contributed by atoms with van der Waals surface area (Å²) in [4.78, 5) is 13.6. The van der Waals surface area contributed by atoms with Crippen molar-refractivity contribution in [2.75, 3.05) is 7.11 Å². The van der Waals surface area contributed by atoms with Crippen molar-refractivity contribution in [1.82, 2.24) is 29.3 Å². The smallest absolute Gasteiger partial charge is 0.238 e. The van der Waals surface area contributed by atoms with Gasteiger partial charge in [-0.2, -0.15) is 5.10 Å². The lowest BCUT2D eigenvalue weighted by molar-refractivity contribution is 0.395. The van der Waals surface area contributed by atoms with Crippen LogP contribution < -0.4 is 4.74 Å². The Morgan fingerprint density at radius 2 is 1.94 bits per heavy atom. The monoisotopic (exact) mass is 430 g/mol. The minimum Gasteiger partial charge on any atom is -0.479 e. The molecule has 0 amide bonds. The molecule has 0 bridgehead atoms. The molecule has 0 aliphatic carbocycles. The van der Waals surface area contributed by atoms with Gasteiger partial charge in [-0.15, -0.1) is 0 Å². The first-order chi connectivity index (χ1) is 15.6. The van der Waals surface area contributed by atoms with Gasteiger partial charge in [-0.3, -0.25) is 0 Å². The number of rotatable bonds is 5. The number of methoxy groups -OCH3 is 1. The fraction of sp³-hybridized carbons (Fsp3) is 0.250. The molecule has 7 nitrogen and oxygen atoms in total. The van der Waals surface area contributed by atoms with Crippen LogP contribution in [0.2, 0.25) is 0 Å². The van der Waals surface area contributed by atoms with Crippen molar-refractivity contribution in [2.24, 2.45) is 0 Å². The van der Waals surface area contributed by atoms with E-state index in [0.717, 1.165) is 47.8 Å². The molecule has 0 saturated heterocycles. The van der Waals surface area contributed by atoms with Crippen LogP contribution in [0, 0.1) is 12.7 Å². The van der Waals surface area contributed by atoms with Gasteiger partial charge in [-0.25, -0.2) is 24.0 Å². The quantitative estimate of drug-likeness (QED) is 0.469. The second kappa shape index (κ2) is 8.37. The summed E-state index contributed by atoms with van der Waals surface area (Å²) in [5.74, 6) is 1.95. The first-order valence-corrected chi connectivity index (χ1v) is 10.5. The van der Waals surface area contributed by atoms with Crippen molar-refractivity contribution < 1.29 is 9.13 Å². The number of hydrogen-bond acceptors (Lipinski definition) is 5. The molecule has 1 aliphatic rings. The van der Waals surface area contributed by atoms with E-state index in [-0.39, 0.29) is 11.7 Å². The second-order valence-corrected chi connectivity index (χ2v) is 7.82. The van der Waals surface area contributed by atoms with Crippen LogP contribution >= 0.6 is 0 Å². The highest BCUT2D eigenvalue weighted by Gasteiger charge is 2.25. The van der Waals surface area contributed by atoms with E-state index in [4.69, 9.17) is 9.72 Å². The second-order valence-electron chi connectivity index (χ2n) is 7.82. The molecule has 0 spiro atoms. The van der Waals surface area contributed by atoms with Gasteiger partial charge < -0.3 is 9.30 Å². The lowest BCUT2D eigenvalue weighted by atomic mass is 9.91. The van der Waals surface area contributed by atoms with Gasteiger partial charge in [0.15, 0.2) is 5.82 Å². The summed E-state index contributed by atoms with van der Waals surface area (Å²) in [6.07, 6.45) is 9.38. The molecular weight excluding hydrogens is 407 g/mol. The molecule has 0 radical (unpaired) electrons. The lowest BCUT2D eigenvalue weighted by Gasteiger charge is -2.22. The van der Waals surface area contributed by atoms with Crippen molar-refractivity contribution in [3.8, 4) is 11.6 Å². The van der Waals surface area contributed by atoms with E-state index in [9.17, 15) is 4.39 Å². The van der Waals surface area contributed by atoms with Crippen molar-refractivity contribution in [3.63, 3.8) is 0 Å². The predicted molar refractivity (Wildman–Crippen MR) is 119 cm³/mol. The zero-order valence-electron chi connectivity index (χ0n) is 17.9. The number of fused-ring (bicyclic) bond motifs is 1. The normalized spacial score (nSPS) is 15.8. The van der Waals surface area contributed by atoms with Crippen LogP contribution in [0.1, 0.15) is 47.4 Å². The Kier molecular flexibility index (Phi) is 5.26. The van der Waals surface area contributed by atoms with E-state index in [1.807, 2.05) is 58.8 Å². The van der Waals surface area contributed by atoms with E-state index in [0.29, 0.717) is 11.7 Å². The number of nitrogens with zero attached hydrogens (tertiary/aromatic N) is 6. The number of halogens is 1. The highest BCUT2D eigenvalue weighted by molar-refractivity contribution is 5.65. The van der Waals surface area contributed by atoms with Gasteiger partial charge in [-0.1, -0.05) is 12.1 Å². The number of pyridine rings is 1. The predicted octanol–water partition coefficient (Wildman–Crippen LogP) is 4.41. The molecule has 162 valence electrons. The fourth-order valence-electron chi connectivity index (χ4n) is 4.05. The van der Waals surface area contributed by atoms with E-state index < -0.39 is 0 Å². The summed E-state index contributed by atoms with van der Waals surface area (Å²) in [5, 5.41) is 4.64. The maximum Gasteiger partial charge on any atom is 0.238 e. The van der Waals surface area contributed by atoms with Gasteiger partial charge in [0.2, 0.25) is 5.88 Å². The minimum absolute atomic E-state index is 0.120. The van der Waals surface area contributed by atoms with Crippen LogP contribution in [0.3, 0.4) is 0 Å². The van der Waals surface area contributed by atoms with Gasteiger partial charge in [0.05, 0.1) is 24.8 Å². The summed E-state index contributed by atoms with van der Waals surface area (Å²) in [7, 11) is 1.60. The van der Waals surface area contributed by atoms with Crippen LogP contribution in [0.25, 0.3) is 17.8 Å². The molecule has 4 heterocycles. The van der Waals surface area contributed by atoms with Crippen molar-refractivity contribution in [2.45, 2.75) is 32.2 Å². The maximum absolute atomic E-state index is 13.3. The first kappa shape index (κ1) is 20.1. The average Bonchev–Trinajstić information content (AvgIpc) is 3.43. The topological polar surface area (TPSA) is 70.7 Å². The third-order valence-corrected chi connectivity index (χ3v) is 5.61. The number of benzene rings is 1. The standard InChI is InChI=1S/C24H23FN6O/c1-16-14-30(15-26-16)21-11-9-19(27-24(21)32-2)10-12-22-28-23-20(4-3-13-31(23)29-22)17-5-7-18(25)8-6-17/h5-12,14-15,20H,3-4,13H2,1-2H3/b12-10+/t20-/m0/s1. The highest BCUT2D eigenvalue weighted by Crippen LogP contribution is 2.32. The van der Waals surface area contributed by atoms with Gasteiger partial charge >= 0.3 is 0 Å². The van der Waals surface area contributed by atoms with Crippen LogP contribution in [-0.2, 0) is 6.54 Å². The molecule has 1 aromatic carbocycles. The van der Waals surface area contributed by atoms with Gasteiger partial charge in [0.1, 0.15) is 17.3 Å². The molecule has 5 rings (SSSR count). The molecule has 0 N–H and O–H groups in total. The molecule has 0 fully saturated rings. The third-order valence-electron chi connectivity index (χ3n) is 5.61. The summed E-state index contributed by atoms with van der Waals surface area (Å²) in [6.45, 7) is 2.77. The molecule has 3 aromatic heterocycles. The van der Waals surface area contributed by atoms with E-state index >= 15 is 0 Å². The lowest BCUT2D eigenvalue weighted by Crippen LogP contribution is -2.17. The molecule has 1 atom stereocenters. The average molecular weight is 430 g/mol. The Hall–Kier alpha value is -3.81.